The third-order valence-corrected chi connectivity index (χ3v) is 0. The van der Waals surface area contributed by atoms with E-state index in [2.05, 4.69) is 9.12 Å². The average molecular weight is 203 g/mol. The van der Waals surface area contributed by atoms with Crippen LogP contribution in [0.5, 0.6) is 0 Å². The second-order valence-electron chi connectivity index (χ2n) is 0.333. The second-order valence-corrected chi connectivity index (χ2v) is 1.00. The van der Waals surface area contributed by atoms with E-state index in [0.717, 1.165) is 0 Å². The fourth-order valence-corrected chi connectivity index (χ4v) is 0. The van der Waals surface area contributed by atoms with Crippen LogP contribution in [0.3, 0.4) is 0 Å². The van der Waals surface area contributed by atoms with Crippen molar-refractivity contribution in [2.75, 3.05) is 0 Å². The maximum Gasteiger partial charge on any atom is 0.141 e. The Morgan fingerprint density at radius 2 is 1.38 bits per heavy atom. The van der Waals surface area contributed by atoms with Gasteiger partial charge in [0.25, 0.3) is 0 Å². The van der Waals surface area contributed by atoms with E-state index in [1.807, 2.05) is 0 Å². The molecule has 43 valence electrons. The molecular weight excluding hydrogens is 188 g/mol. The van der Waals surface area contributed by atoms with Crippen molar-refractivity contribution >= 4 is 32.9 Å². The second kappa shape index (κ2) is 70.0. The van der Waals surface area contributed by atoms with Gasteiger partial charge in [0.2, 0.25) is 0 Å². The summed E-state index contributed by atoms with van der Waals surface area (Å²) in [5, 5.41) is 0. The Hall–Kier alpha value is 1.73. The van der Waals surface area contributed by atoms with Crippen LogP contribution in [0.15, 0.2) is 0 Å². The fourth-order valence-electron chi connectivity index (χ4n) is 0. The summed E-state index contributed by atoms with van der Waals surface area (Å²) in [5.74, 6) is 0. The smallest absolute Gasteiger partial charge is 0.141 e. The first-order chi connectivity index (χ1) is 1.73. The Balaban J connectivity index is -0.00000000450. The van der Waals surface area contributed by atoms with Crippen molar-refractivity contribution in [3.63, 3.8) is 0 Å². The molecule has 0 saturated heterocycles. The van der Waals surface area contributed by atoms with Gasteiger partial charge in [-0.05, 0) is 1.34 Å². The summed E-state index contributed by atoms with van der Waals surface area (Å²) in [6.07, 6.45) is 0. The van der Waals surface area contributed by atoms with Crippen molar-refractivity contribution in [2.24, 2.45) is 0 Å². The topological polar surface area (TPSA) is 0 Å². The Morgan fingerprint density at radius 1 is 1.38 bits per heavy atom. The molecule has 0 aliphatic rings. The molecule has 0 fully saturated rings. The van der Waals surface area contributed by atoms with Gasteiger partial charge in [0.05, 0.1) is 0 Å². The largest absolute Gasteiger partial charge is 0.175 e. The fraction of sp³-hybridized carbons (Fsp3) is 1.00. The molecule has 7 radical (unpaired) electrons. The third kappa shape index (κ3) is 117. The van der Waals surface area contributed by atoms with Crippen molar-refractivity contribution < 1.29 is 32.7 Å². The molecule has 0 aliphatic heterocycles. The quantitative estimate of drug-likeness (QED) is 0.403. The summed E-state index contributed by atoms with van der Waals surface area (Å²) in [5.41, 5.74) is 0. The van der Waals surface area contributed by atoms with Crippen LogP contribution in [0.25, 0.3) is 0 Å². The molecule has 8 heavy (non-hydrogen) atoms. The van der Waals surface area contributed by atoms with Crippen LogP contribution < -0.4 is 0 Å². The van der Waals surface area contributed by atoms with Crippen LogP contribution >= 0.6 is 9.12 Å². The van der Waals surface area contributed by atoms with Crippen molar-refractivity contribution in [2.45, 2.75) is 21.7 Å². The predicted octanol–water partition coefficient (Wildman–Crippen LogP) is 0.769. The minimum Gasteiger partial charge on any atom is -0.175 e. The molecule has 0 spiro atoms. The number of rotatable bonds is 0. The van der Waals surface area contributed by atoms with E-state index in [1.54, 1.807) is 6.82 Å². The van der Waals surface area contributed by atoms with E-state index in [-0.39, 0.29) is 71.4 Å². The van der Waals surface area contributed by atoms with Gasteiger partial charge in [0.1, 0.15) is 6.96 Å². The van der Waals surface area contributed by atoms with Gasteiger partial charge < -0.3 is 0 Å². The minimum atomic E-state index is -0.000000000000000222. The SMILES string of the molecule is C.C.[2H]B(C)P.[B].[B].[Y]. The maximum atomic E-state index is 6.55. The van der Waals surface area contributed by atoms with Crippen LogP contribution in [0.4, 0.5) is 0 Å². The summed E-state index contributed by atoms with van der Waals surface area (Å²) < 4.78 is 6.55. The third-order valence-electron chi connectivity index (χ3n) is 0. The first kappa shape index (κ1) is 33.1. The van der Waals surface area contributed by atoms with Crippen molar-refractivity contribution in [3.8, 4) is 0 Å². The van der Waals surface area contributed by atoms with E-state index in [4.69, 9.17) is 1.34 Å². The Labute approximate surface area is 88.1 Å². The zero-order valence-electron chi connectivity index (χ0n) is 4.89. The summed E-state index contributed by atoms with van der Waals surface area (Å²) in [7, 11) is 2.32. The van der Waals surface area contributed by atoms with Crippen LogP contribution in [0.2, 0.25) is 6.82 Å². The van der Waals surface area contributed by atoms with Crippen molar-refractivity contribution in [1.29, 1.82) is 1.34 Å². The molecule has 0 amide bonds. The van der Waals surface area contributed by atoms with Gasteiger partial charge in [0, 0.05) is 49.5 Å². The normalized spacial score (nSPS) is 3.50. The molecule has 0 bridgehead atoms. The molecule has 0 N–H and O–H groups in total. The standard InChI is InChI=1S/CH6BP.2CH4.2B.Y/c1-2-3;;;;;/h2H,3H2,1H3;2*1H4;;;/i2D;;;;;. The molecule has 0 aromatic carbocycles. The van der Waals surface area contributed by atoms with Gasteiger partial charge in [-0.25, -0.2) is 0 Å². The van der Waals surface area contributed by atoms with Crippen LogP contribution in [-0.2, 0) is 32.7 Å². The van der Waals surface area contributed by atoms with Gasteiger partial charge >= 0.3 is 0 Å². The van der Waals surface area contributed by atoms with Crippen LogP contribution in [0.1, 0.15) is 14.9 Å². The molecule has 0 nitrogen and oxygen atoms in total. The molecule has 0 aliphatic carbocycles. The molecule has 0 rings (SSSR count). The van der Waals surface area contributed by atoms with E-state index in [1.165, 1.54) is 0 Å². The molecule has 0 aromatic rings. The van der Waals surface area contributed by atoms with E-state index in [0.29, 0.717) is 0 Å². The van der Waals surface area contributed by atoms with Gasteiger partial charge in [-0.2, -0.15) is 9.12 Å². The Morgan fingerprint density at radius 3 is 1.38 bits per heavy atom. The van der Waals surface area contributed by atoms with Crippen molar-refractivity contribution in [1.82, 2.24) is 0 Å². The van der Waals surface area contributed by atoms with Gasteiger partial charge in [-0.3, -0.25) is 0 Å². The average Bonchev–Trinajstić information content (AvgIpc) is 0.811. The molecule has 1 unspecified atom stereocenters. The van der Waals surface area contributed by atoms with E-state index < -0.39 is 0 Å². The van der Waals surface area contributed by atoms with E-state index in [9.17, 15) is 0 Å². The minimum absolute atomic E-state index is 0. The number of hydrogen-bond donors (Lipinski definition) is 0. The van der Waals surface area contributed by atoms with Gasteiger partial charge in [0.15, 0.2) is 0 Å². The summed E-state index contributed by atoms with van der Waals surface area (Å²) in [4.78, 5) is 0. The molecular formula is C3H14B3PY. The zero-order valence-corrected chi connectivity index (χ0v) is 7.88. The molecule has 5 heteroatoms. The Kier molecular flexibility index (Phi) is 290. The molecule has 0 aromatic heterocycles. The van der Waals surface area contributed by atoms with Crippen molar-refractivity contribution in [3.05, 3.63) is 0 Å². The van der Waals surface area contributed by atoms with Gasteiger partial charge in [-0.15, -0.1) is 0 Å². The Bertz CT molecular complexity index is 23.8. The maximum absolute atomic E-state index is 6.55. The number of hydrogen-bond acceptors (Lipinski definition) is 0. The summed E-state index contributed by atoms with van der Waals surface area (Å²) in [6.45, 7) is 1.80. The summed E-state index contributed by atoms with van der Waals surface area (Å²) in [6, 6.07) is 0. The first-order valence-electron chi connectivity index (χ1n) is 1.49. The predicted molar refractivity (Wildman–Crippen MR) is 47.7 cm³/mol. The molecule has 0 heterocycles. The van der Waals surface area contributed by atoms with Crippen LogP contribution in [-0.4, -0.2) is 25.1 Å². The van der Waals surface area contributed by atoms with Gasteiger partial charge in [-0.1, -0.05) is 21.7 Å². The summed E-state index contributed by atoms with van der Waals surface area (Å²) >= 11 is 0. The molecule has 0 saturated carbocycles. The van der Waals surface area contributed by atoms with E-state index >= 15 is 0 Å². The first-order valence-corrected chi connectivity index (χ1v) is 1.58. The molecule has 1 atom stereocenters. The zero-order chi connectivity index (χ0) is 3.58. The van der Waals surface area contributed by atoms with Crippen LogP contribution in [0, 0.1) is 0 Å². The monoisotopic (exact) mass is 204 g/mol.